The minimum atomic E-state index is 0.0131. The fourth-order valence-corrected chi connectivity index (χ4v) is 5.35. The summed E-state index contributed by atoms with van der Waals surface area (Å²) in [6, 6.07) is 13.7. The number of nitrogens with zero attached hydrogens (tertiary/aromatic N) is 5. The summed E-state index contributed by atoms with van der Waals surface area (Å²) in [7, 11) is 1.91. The number of aromatic nitrogens is 4. The molecule has 0 unspecified atom stereocenters. The molecule has 40 heavy (non-hydrogen) atoms. The van der Waals surface area contributed by atoms with Crippen LogP contribution in [0.15, 0.2) is 67.3 Å². The van der Waals surface area contributed by atoms with Crippen LogP contribution in [0.5, 0.6) is 0 Å². The first-order chi connectivity index (χ1) is 19.3. The van der Waals surface area contributed by atoms with E-state index in [1.54, 1.807) is 10.9 Å². The zero-order valence-electron chi connectivity index (χ0n) is 23.8. The van der Waals surface area contributed by atoms with Gasteiger partial charge in [-0.05, 0) is 73.6 Å². The van der Waals surface area contributed by atoms with E-state index in [1.165, 1.54) is 0 Å². The summed E-state index contributed by atoms with van der Waals surface area (Å²) in [6.07, 6.45) is 10.3. The van der Waals surface area contributed by atoms with E-state index in [-0.39, 0.29) is 18.1 Å². The Morgan fingerprint density at radius 1 is 0.925 bits per heavy atom. The third kappa shape index (κ3) is 6.36. The molecule has 0 radical (unpaired) electrons. The van der Waals surface area contributed by atoms with Gasteiger partial charge in [0.05, 0.1) is 6.20 Å². The van der Waals surface area contributed by atoms with Gasteiger partial charge >= 0.3 is 0 Å². The van der Waals surface area contributed by atoms with Crippen LogP contribution in [-0.4, -0.2) is 49.4 Å². The summed E-state index contributed by atoms with van der Waals surface area (Å²) < 4.78 is 1.79. The molecule has 3 aromatic heterocycles. The molecule has 4 aromatic rings. The number of hydrogen-bond donors (Lipinski definition) is 0. The van der Waals surface area contributed by atoms with Gasteiger partial charge < -0.3 is 4.90 Å². The third-order valence-corrected chi connectivity index (χ3v) is 7.74. The Balaban J connectivity index is 1.19. The minimum Gasteiger partial charge on any atom is -0.339 e. The van der Waals surface area contributed by atoms with Crippen LogP contribution < -0.4 is 0 Å². The van der Waals surface area contributed by atoms with Crippen LogP contribution in [0.2, 0.25) is 0 Å². The van der Waals surface area contributed by atoms with Crippen molar-refractivity contribution in [1.82, 2.24) is 24.6 Å². The van der Waals surface area contributed by atoms with E-state index in [1.807, 2.05) is 67.8 Å². The Kier molecular flexibility index (Phi) is 8.19. The van der Waals surface area contributed by atoms with E-state index in [0.717, 1.165) is 52.9 Å². The Morgan fingerprint density at radius 3 is 2.33 bits per heavy atom. The van der Waals surface area contributed by atoms with Gasteiger partial charge in [0.1, 0.15) is 0 Å². The predicted octanol–water partition coefficient (Wildman–Crippen LogP) is 5.83. The molecule has 7 nitrogen and oxygen atoms in total. The summed E-state index contributed by atoms with van der Waals surface area (Å²) in [5.41, 5.74) is 7.31. The molecule has 1 saturated heterocycles. The van der Waals surface area contributed by atoms with Crippen molar-refractivity contribution in [2.75, 3.05) is 13.1 Å². The summed E-state index contributed by atoms with van der Waals surface area (Å²) in [4.78, 5) is 37.5. The summed E-state index contributed by atoms with van der Waals surface area (Å²) in [5.74, 6) is 0.883. The van der Waals surface area contributed by atoms with E-state index in [2.05, 4.69) is 36.1 Å². The zero-order chi connectivity index (χ0) is 28.2. The number of pyridine rings is 2. The van der Waals surface area contributed by atoms with Crippen molar-refractivity contribution in [2.24, 2.45) is 13.0 Å². The quantitative estimate of drug-likeness (QED) is 0.265. The van der Waals surface area contributed by atoms with Gasteiger partial charge in [0, 0.05) is 84.7 Å². The van der Waals surface area contributed by atoms with Crippen LogP contribution in [-0.2, 0) is 19.9 Å². The fourth-order valence-electron chi connectivity index (χ4n) is 5.35. The topological polar surface area (TPSA) is 81.0 Å². The number of carbonyl (C=O) groups excluding carboxylic acids is 2. The number of likely N-dealkylation sites (tertiary alicyclic amines) is 1. The molecule has 1 amide bonds. The number of benzene rings is 1. The smallest absolute Gasteiger partial charge is 0.253 e. The molecule has 0 spiro atoms. The number of rotatable bonds is 8. The highest BCUT2D eigenvalue weighted by atomic mass is 16.2. The number of hydrogen-bond acceptors (Lipinski definition) is 5. The molecule has 4 heterocycles. The molecule has 5 rings (SSSR count). The van der Waals surface area contributed by atoms with Gasteiger partial charge in [-0.25, -0.2) is 0 Å². The lowest BCUT2D eigenvalue weighted by Crippen LogP contribution is -2.38. The lowest BCUT2D eigenvalue weighted by Gasteiger charge is -2.32. The SMILES string of the molecule is Cc1ccc(C(=O)N2CCC(c3ccc(-c4cnn(C)c4)cn3)CC2)cc1CC(=O)c1ccc(CC(C)C)nc1. The summed E-state index contributed by atoms with van der Waals surface area (Å²) in [6.45, 7) is 7.66. The Morgan fingerprint density at radius 2 is 1.70 bits per heavy atom. The maximum Gasteiger partial charge on any atom is 0.253 e. The molecule has 0 bridgehead atoms. The molecule has 206 valence electrons. The summed E-state index contributed by atoms with van der Waals surface area (Å²) in [5, 5.41) is 4.24. The molecular weight excluding hydrogens is 498 g/mol. The van der Waals surface area contributed by atoms with Gasteiger partial charge in [0.25, 0.3) is 5.91 Å². The maximum absolute atomic E-state index is 13.4. The van der Waals surface area contributed by atoms with Crippen molar-refractivity contribution in [3.05, 3.63) is 101 Å². The van der Waals surface area contributed by atoms with Crippen molar-refractivity contribution in [1.29, 1.82) is 0 Å². The second-order valence-corrected chi connectivity index (χ2v) is 11.3. The highest BCUT2D eigenvalue weighted by Crippen LogP contribution is 2.29. The molecule has 0 N–H and O–H groups in total. The van der Waals surface area contributed by atoms with Crippen LogP contribution >= 0.6 is 0 Å². The fraction of sp³-hybridized carbons (Fsp3) is 0.364. The van der Waals surface area contributed by atoms with Crippen molar-refractivity contribution >= 4 is 11.7 Å². The highest BCUT2D eigenvalue weighted by molar-refractivity contribution is 5.98. The minimum absolute atomic E-state index is 0.0131. The van der Waals surface area contributed by atoms with E-state index in [0.29, 0.717) is 36.1 Å². The van der Waals surface area contributed by atoms with Gasteiger partial charge in [-0.2, -0.15) is 5.10 Å². The monoisotopic (exact) mass is 535 g/mol. The summed E-state index contributed by atoms with van der Waals surface area (Å²) >= 11 is 0. The van der Waals surface area contributed by atoms with Crippen molar-refractivity contribution in [3.8, 4) is 11.1 Å². The van der Waals surface area contributed by atoms with Gasteiger partial charge in [0.2, 0.25) is 0 Å². The Bertz CT molecular complexity index is 1480. The van der Waals surface area contributed by atoms with Gasteiger partial charge in [-0.1, -0.05) is 26.0 Å². The van der Waals surface area contributed by atoms with Crippen LogP contribution in [0, 0.1) is 12.8 Å². The van der Waals surface area contributed by atoms with E-state index < -0.39 is 0 Å². The van der Waals surface area contributed by atoms with Gasteiger partial charge in [-0.15, -0.1) is 0 Å². The van der Waals surface area contributed by atoms with Crippen LogP contribution in [0.3, 0.4) is 0 Å². The zero-order valence-corrected chi connectivity index (χ0v) is 23.8. The van der Waals surface area contributed by atoms with Gasteiger partial charge in [-0.3, -0.25) is 24.2 Å². The average molecular weight is 536 g/mol. The maximum atomic E-state index is 13.4. The number of ketones is 1. The second-order valence-electron chi connectivity index (χ2n) is 11.3. The normalized spacial score (nSPS) is 14.1. The van der Waals surface area contributed by atoms with Crippen molar-refractivity contribution in [2.45, 2.75) is 52.4 Å². The lowest BCUT2D eigenvalue weighted by molar-refractivity contribution is 0.0711. The van der Waals surface area contributed by atoms with E-state index in [4.69, 9.17) is 4.98 Å². The first-order valence-electron chi connectivity index (χ1n) is 14.1. The molecule has 0 aliphatic carbocycles. The molecule has 0 atom stereocenters. The first-order valence-corrected chi connectivity index (χ1v) is 14.1. The molecule has 1 aromatic carbocycles. The predicted molar refractivity (Wildman–Crippen MR) is 156 cm³/mol. The lowest BCUT2D eigenvalue weighted by atomic mass is 9.92. The number of carbonyl (C=O) groups is 2. The standard InChI is InChI=1S/C33H37N5O2/c1-22(2)15-30-9-7-27(19-34-30)32(39)17-28-16-25(6-5-23(28)3)33(40)38-13-11-24(12-14-38)31-10-8-26(18-35-31)29-20-36-37(4)21-29/h5-10,16,18-22,24H,11-15,17H2,1-4H3. The highest BCUT2D eigenvalue weighted by Gasteiger charge is 2.26. The van der Waals surface area contributed by atoms with Crippen LogP contribution in [0.25, 0.3) is 11.1 Å². The molecule has 1 aliphatic rings. The first kappa shape index (κ1) is 27.4. The van der Waals surface area contributed by atoms with E-state index in [9.17, 15) is 9.59 Å². The molecule has 1 fully saturated rings. The molecule has 0 saturated carbocycles. The van der Waals surface area contributed by atoms with Crippen molar-refractivity contribution in [3.63, 3.8) is 0 Å². The van der Waals surface area contributed by atoms with Crippen LogP contribution in [0.4, 0.5) is 0 Å². The molecular formula is C33H37N5O2. The Hall–Kier alpha value is -4.13. The number of Topliss-reactive ketones (excluding diaryl/α,β-unsaturated/α-hetero) is 1. The average Bonchev–Trinajstić information content (AvgIpc) is 3.40. The number of aryl methyl sites for hydroxylation is 2. The molecule has 1 aliphatic heterocycles. The Labute approximate surface area is 236 Å². The number of piperidine rings is 1. The largest absolute Gasteiger partial charge is 0.339 e. The van der Waals surface area contributed by atoms with Crippen LogP contribution in [0.1, 0.15) is 75.8 Å². The third-order valence-electron chi connectivity index (χ3n) is 7.74. The second kappa shape index (κ2) is 11.9. The van der Waals surface area contributed by atoms with Crippen molar-refractivity contribution < 1.29 is 9.59 Å². The molecule has 7 heteroatoms. The number of amides is 1. The van der Waals surface area contributed by atoms with Gasteiger partial charge in [0.15, 0.2) is 5.78 Å². The van der Waals surface area contributed by atoms with E-state index >= 15 is 0 Å².